The standard InChI is InChI=1S/C10H10N4/c11-10-8(6-13-12)7-4-2-1-3-5-9(7)14-10/h1-6H,12H2,(H2,11,14)/b13-6+. The highest BCUT2D eigenvalue weighted by Crippen LogP contribution is 2.27. The van der Waals surface area contributed by atoms with E-state index >= 15 is 0 Å². The lowest BCUT2D eigenvalue weighted by Crippen LogP contribution is -1.92. The van der Waals surface area contributed by atoms with E-state index in [2.05, 4.69) is 10.1 Å². The van der Waals surface area contributed by atoms with Gasteiger partial charge in [-0.25, -0.2) is 4.98 Å². The third kappa shape index (κ3) is 1.26. The minimum Gasteiger partial charge on any atom is -0.383 e. The van der Waals surface area contributed by atoms with Crippen LogP contribution in [0.3, 0.4) is 0 Å². The Labute approximate surface area is 81.6 Å². The zero-order valence-electron chi connectivity index (χ0n) is 7.51. The van der Waals surface area contributed by atoms with Gasteiger partial charge in [0.05, 0.1) is 11.9 Å². The maximum Gasteiger partial charge on any atom is 0.133 e. The highest BCUT2D eigenvalue weighted by molar-refractivity contribution is 5.96. The fourth-order valence-electron chi connectivity index (χ4n) is 1.40. The number of fused-ring (bicyclic) bond motifs is 1. The molecule has 0 aromatic rings. The van der Waals surface area contributed by atoms with Gasteiger partial charge in [0, 0.05) is 11.1 Å². The Morgan fingerprint density at radius 2 is 2.00 bits per heavy atom. The summed E-state index contributed by atoms with van der Waals surface area (Å²) in [7, 11) is 0. The van der Waals surface area contributed by atoms with Crippen molar-refractivity contribution in [3.8, 4) is 11.3 Å². The van der Waals surface area contributed by atoms with Crippen molar-refractivity contribution >= 4 is 12.0 Å². The van der Waals surface area contributed by atoms with Gasteiger partial charge >= 0.3 is 0 Å². The Bertz CT molecular complexity index is 450. The van der Waals surface area contributed by atoms with Crippen molar-refractivity contribution < 1.29 is 0 Å². The van der Waals surface area contributed by atoms with Crippen LogP contribution in [-0.2, 0) is 0 Å². The van der Waals surface area contributed by atoms with Crippen molar-refractivity contribution in [2.24, 2.45) is 10.9 Å². The molecule has 0 amide bonds. The van der Waals surface area contributed by atoms with E-state index in [1.165, 1.54) is 6.21 Å². The number of hydrogen-bond acceptors (Lipinski definition) is 4. The molecule has 0 unspecified atom stereocenters. The zero-order valence-corrected chi connectivity index (χ0v) is 7.51. The van der Waals surface area contributed by atoms with Crippen LogP contribution < -0.4 is 11.6 Å². The molecule has 0 aromatic carbocycles. The summed E-state index contributed by atoms with van der Waals surface area (Å²) in [5.74, 6) is 5.56. The first-order chi connectivity index (χ1) is 6.83. The van der Waals surface area contributed by atoms with Crippen molar-refractivity contribution in [1.82, 2.24) is 4.98 Å². The van der Waals surface area contributed by atoms with Crippen LogP contribution in [0.4, 0.5) is 5.82 Å². The molecule has 0 radical (unpaired) electrons. The van der Waals surface area contributed by atoms with E-state index in [1.54, 1.807) is 0 Å². The summed E-state index contributed by atoms with van der Waals surface area (Å²) >= 11 is 0. The number of aromatic nitrogens is 1. The van der Waals surface area contributed by atoms with Crippen molar-refractivity contribution in [3.63, 3.8) is 0 Å². The van der Waals surface area contributed by atoms with Gasteiger partial charge in [-0.05, 0) is 6.07 Å². The van der Waals surface area contributed by atoms with Crippen LogP contribution in [0.15, 0.2) is 35.4 Å². The van der Waals surface area contributed by atoms with Gasteiger partial charge in [0.1, 0.15) is 5.82 Å². The predicted octanol–water partition coefficient (Wildman–Crippen LogP) is 1.06. The smallest absolute Gasteiger partial charge is 0.133 e. The average Bonchev–Trinajstić information content (AvgIpc) is 2.39. The van der Waals surface area contributed by atoms with Crippen molar-refractivity contribution in [2.45, 2.75) is 0 Å². The second kappa shape index (κ2) is 3.33. The first-order valence-corrected chi connectivity index (χ1v) is 4.20. The zero-order chi connectivity index (χ0) is 9.97. The van der Waals surface area contributed by atoms with Crippen LogP contribution in [0.5, 0.6) is 0 Å². The minimum atomic E-state index is 0.459. The molecule has 0 fully saturated rings. The average molecular weight is 186 g/mol. The number of hydrogen-bond donors (Lipinski definition) is 2. The Morgan fingerprint density at radius 1 is 1.21 bits per heavy atom. The van der Waals surface area contributed by atoms with Gasteiger partial charge < -0.3 is 11.6 Å². The van der Waals surface area contributed by atoms with Gasteiger partial charge in [0.2, 0.25) is 0 Å². The predicted molar refractivity (Wildman–Crippen MR) is 57.1 cm³/mol. The molecule has 4 heteroatoms. The number of nitrogen functional groups attached to an aromatic ring is 1. The van der Waals surface area contributed by atoms with E-state index in [0.717, 1.165) is 16.8 Å². The Kier molecular flexibility index (Phi) is 2.02. The molecule has 2 aliphatic rings. The molecule has 0 bridgehead atoms. The fourth-order valence-corrected chi connectivity index (χ4v) is 1.40. The summed E-state index contributed by atoms with van der Waals surface area (Å²) in [5, 5.41) is 3.46. The van der Waals surface area contributed by atoms with Gasteiger partial charge in [-0.2, -0.15) is 5.10 Å². The van der Waals surface area contributed by atoms with Crippen molar-refractivity contribution in [3.05, 3.63) is 35.9 Å². The van der Waals surface area contributed by atoms with E-state index < -0.39 is 0 Å². The molecule has 14 heavy (non-hydrogen) atoms. The summed E-state index contributed by atoms with van der Waals surface area (Å²) in [6, 6.07) is 9.62. The quantitative estimate of drug-likeness (QED) is 0.397. The molecule has 0 saturated heterocycles. The monoisotopic (exact) mass is 186 g/mol. The van der Waals surface area contributed by atoms with Gasteiger partial charge in [-0.1, -0.05) is 24.3 Å². The number of hydrazone groups is 1. The molecular formula is C10H10N4. The van der Waals surface area contributed by atoms with E-state index in [1.807, 2.05) is 30.3 Å². The molecule has 70 valence electrons. The number of anilines is 1. The topological polar surface area (TPSA) is 77.3 Å². The highest BCUT2D eigenvalue weighted by Gasteiger charge is 2.12. The summed E-state index contributed by atoms with van der Waals surface area (Å²) in [5.41, 5.74) is 8.31. The Hall–Kier alpha value is -2.10. The largest absolute Gasteiger partial charge is 0.383 e. The maximum atomic E-state index is 5.72. The molecule has 0 saturated carbocycles. The van der Waals surface area contributed by atoms with Crippen LogP contribution in [0.25, 0.3) is 11.3 Å². The normalized spacial score (nSPS) is 11.1. The lowest BCUT2D eigenvalue weighted by atomic mass is 10.1. The SMILES string of the molecule is N/N=C/c1c2cccccc-2nc1N. The lowest BCUT2D eigenvalue weighted by molar-refractivity contribution is 1.26. The molecule has 1 aliphatic heterocycles. The van der Waals surface area contributed by atoms with Crippen LogP contribution in [0.1, 0.15) is 5.56 Å². The van der Waals surface area contributed by atoms with Gasteiger partial charge in [-0.15, -0.1) is 0 Å². The van der Waals surface area contributed by atoms with E-state index in [-0.39, 0.29) is 0 Å². The highest BCUT2D eigenvalue weighted by atomic mass is 15.1. The molecule has 0 spiro atoms. The maximum absolute atomic E-state index is 5.72. The van der Waals surface area contributed by atoms with Crippen LogP contribution in [-0.4, -0.2) is 11.2 Å². The Morgan fingerprint density at radius 3 is 2.79 bits per heavy atom. The molecule has 4 N–H and O–H groups in total. The summed E-state index contributed by atoms with van der Waals surface area (Å²) in [6.45, 7) is 0. The second-order valence-electron chi connectivity index (χ2n) is 2.90. The number of nitrogens with two attached hydrogens (primary N) is 2. The molecule has 0 atom stereocenters. The van der Waals surface area contributed by atoms with E-state index in [0.29, 0.717) is 5.82 Å². The van der Waals surface area contributed by atoms with Crippen LogP contribution in [0.2, 0.25) is 0 Å². The summed E-state index contributed by atoms with van der Waals surface area (Å²) in [6.07, 6.45) is 1.52. The first kappa shape index (κ1) is 8.50. The van der Waals surface area contributed by atoms with Gasteiger partial charge in [0.25, 0.3) is 0 Å². The first-order valence-electron chi connectivity index (χ1n) is 4.20. The van der Waals surface area contributed by atoms with E-state index in [4.69, 9.17) is 11.6 Å². The van der Waals surface area contributed by atoms with Crippen molar-refractivity contribution in [1.29, 1.82) is 0 Å². The molecule has 4 nitrogen and oxygen atoms in total. The fraction of sp³-hybridized carbons (Fsp3) is 0. The molecule has 0 aromatic heterocycles. The van der Waals surface area contributed by atoms with Crippen LogP contribution >= 0.6 is 0 Å². The summed E-state index contributed by atoms with van der Waals surface area (Å²) in [4.78, 5) is 4.20. The molecule has 2 rings (SSSR count). The van der Waals surface area contributed by atoms with Crippen LogP contribution in [0, 0.1) is 0 Å². The van der Waals surface area contributed by atoms with Gasteiger partial charge in [-0.3, -0.25) is 0 Å². The molecular weight excluding hydrogens is 176 g/mol. The lowest BCUT2D eigenvalue weighted by Gasteiger charge is -1.91. The number of nitrogens with zero attached hydrogens (tertiary/aromatic N) is 2. The Balaban J connectivity index is 2.71. The van der Waals surface area contributed by atoms with E-state index in [9.17, 15) is 0 Å². The molecule has 1 heterocycles. The third-order valence-electron chi connectivity index (χ3n) is 2.03. The summed E-state index contributed by atoms with van der Waals surface area (Å²) < 4.78 is 0. The number of rotatable bonds is 1. The second-order valence-corrected chi connectivity index (χ2v) is 2.90. The minimum absolute atomic E-state index is 0.459. The third-order valence-corrected chi connectivity index (χ3v) is 2.03. The van der Waals surface area contributed by atoms with Crippen molar-refractivity contribution in [2.75, 3.05) is 5.73 Å². The molecule has 1 aliphatic carbocycles. The van der Waals surface area contributed by atoms with Gasteiger partial charge in [0.15, 0.2) is 0 Å².